The van der Waals surface area contributed by atoms with Gasteiger partial charge in [-0.1, -0.05) is 17.7 Å². The Morgan fingerprint density at radius 3 is 2.43 bits per heavy atom. The molecule has 1 aliphatic rings. The van der Waals surface area contributed by atoms with Crippen molar-refractivity contribution in [2.75, 3.05) is 51.3 Å². The number of rotatable bonds is 8. The molecular formula is C20H26ClN3O3S. The molecule has 152 valence electrons. The predicted octanol–water partition coefficient (Wildman–Crippen LogP) is 2.84. The molecule has 0 unspecified atom stereocenters. The van der Waals surface area contributed by atoms with E-state index >= 15 is 0 Å². The van der Waals surface area contributed by atoms with Crippen LogP contribution in [0.3, 0.4) is 0 Å². The SMILES string of the molecule is COc1ccc(N2CCN(CCCNS(=O)(=O)c3cccc(Cl)c3)CC2)cc1. The van der Waals surface area contributed by atoms with Gasteiger partial charge in [-0.3, -0.25) is 4.90 Å². The summed E-state index contributed by atoms with van der Waals surface area (Å²) in [6, 6.07) is 14.4. The molecule has 1 N–H and O–H groups in total. The highest BCUT2D eigenvalue weighted by Gasteiger charge is 2.18. The van der Waals surface area contributed by atoms with Crippen molar-refractivity contribution < 1.29 is 13.2 Å². The molecule has 6 nitrogen and oxygen atoms in total. The van der Waals surface area contributed by atoms with Crippen molar-refractivity contribution in [1.29, 1.82) is 0 Å². The van der Waals surface area contributed by atoms with E-state index < -0.39 is 10.0 Å². The molecule has 0 amide bonds. The number of nitrogens with zero attached hydrogens (tertiary/aromatic N) is 2. The number of methoxy groups -OCH3 is 1. The second-order valence-electron chi connectivity index (χ2n) is 6.74. The molecule has 2 aromatic carbocycles. The Kier molecular flexibility index (Phi) is 7.18. The molecular weight excluding hydrogens is 398 g/mol. The standard InChI is InChI=1S/C20H26ClN3O3S/c1-27-19-8-6-18(7-9-19)24-14-12-23(13-15-24)11-3-10-22-28(25,26)20-5-2-4-17(21)16-20/h2,4-9,16,22H,3,10-15H2,1H3. The Morgan fingerprint density at radius 2 is 1.79 bits per heavy atom. The van der Waals surface area contributed by atoms with Gasteiger partial charge in [-0.25, -0.2) is 13.1 Å². The van der Waals surface area contributed by atoms with E-state index in [1.54, 1.807) is 25.3 Å². The van der Waals surface area contributed by atoms with Crippen LogP contribution in [0.5, 0.6) is 5.75 Å². The number of benzene rings is 2. The zero-order valence-corrected chi connectivity index (χ0v) is 17.5. The van der Waals surface area contributed by atoms with Crippen molar-refractivity contribution in [2.45, 2.75) is 11.3 Å². The van der Waals surface area contributed by atoms with Crippen LogP contribution >= 0.6 is 11.6 Å². The van der Waals surface area contributed by atoms with Gasteiger partial charge in [0.05, 0.1) is 12.0 Å². The smallest absolute Gasteiger partial charge is 0.240 e. The van der Waals surface area contributed by atoms with E-state index in [4.69, 9.17) is 16.3 Å². The third kappa shape index (κ3) is 5.61. The average Bonchev–Trinajstić information content (AvgIpc) is 2.72. The van der Waals surface area contributed by atoms with E-state index in [0.717, 1.165) is 44.9 Å². The van der Waals surface area contributed by atoms with Gasteiger partial charge in [-0.05, 0) is 55.4 Å². The molecule has 2 aromatic rings. The second-order valence-corrected chi connectivity index (χ2v) is 8.94. The van der Waals surface area contributed by atoms with Crippen molar-refractivity contribution in [3.8, 4) is 5.75 Å². The van der Waals surface area contributed by atoms with Gasteiger partial charge in [0.15, 0.2) is 0 Å². The van der Waals surface area contributed by atoms with Gasteiger partial charge in [-0.15, -0.1) is 0 Å². The summed E-state index contributed by atoms with van der Waals surface area (Å²) in [6.45, 7) is 5.13. The molecule has 0 saturated carbocycles. The lowest BCUT2D eigenvalue weighted by Gasteiger charge is -2.36. The molecule has 0 aliphatic carbocycles. The summed E-state index contributed by atoms with van der Waals surface area (Å²) in [4.78, 5) is 4.93. The Morgan fingerprint density at radius 1 is 1.07 bits per heavy atom. The van der Waals surface area contributed by atoms with Crippen LogP contribution in [0.2, 0.25) is 5.02 Å². The predicted molar refractivity (Wildman–Crippen MR) is 113 cm³/mol. The van der Waals surface area contributed by atoms with E-state index in [-0.39, 0.29) is 4.90 Å². The fourth-order valence-electron chi connectivity index (χ4n) is 3.25. The van der Waals surface area contributed by atoms with Gasteiger partial charge in [-0.2, -0.15) is 0 Å². The molecule has 0 bridgehead atoms. The molecule has 28 heavy (non-hydrogen) atoms. The van der Waals surface area contributed by atoms with Crippen LogP contribution in [-0.4, -0.2) is 59.7 Å². The topological polar surface area (TPSA) is 61.9 Å². The molecule has 0 atom stereocenters. The Balaban J connectivity index is 1.39. The fraction of sp³-hybridized carbons (Fsp3) is 0.400. The van der Waals surface area contributed by atoms with Crippen LogP contribution < -0.4 is 14.4 Å². The minimum atomic E-state index is -3.51. The van der Waals surface area contributed by atoms with Crippen molar-refractivity contribution in [3.63, 3.8) is 0 Å². The quantitative estimate of drug-likeness (QED) is 0.661. The number of anilines is 1. The highest BCUT2D eigenvalue weighted by molar-refractivity contribution is 7.89. The number of hydrogen-bond acceptors (Lipinski definition) is 5. The maximum atomic E-state index is 12.3. The van der Waals surface area contributed by atoms with Crippen LogP contribution in [-0.2, 0) is 10.0 Å². The zero-order chi connectivity index (χ0) is 20.0. The van der Waals surface area contributed by atoms with Crippen LogP contribution in [0.1, 0.15) is 6.42 Å². The lowest BCUT2D eigenvalue weighted by atomic mass is 10.2. The van der Waals surface area contributed by atoms with Gasteiger partial charge >= 0.3 is 0 Å². The first-order valence-corrected chi connectivity index (χ1v) is 11.2. The molecule has 0 radical (unpaired) electrons. The summed E-state index contributed by atoms with van der Waals surface area (Å²) < 4.78 is 32.4. The first-order chi connectivity index (χ1) is 13.5. The lowest BCUT2D eigenvalue weighted by molar-refractivity contribution is 0.255. The molecule has 1 fully saturated rings. The maximum absolute atomic E-state index is 12.3. The van der Waals surface area contributed by atoms with Crippen molar-refractivity contribution in [3.05, 3.63) is 53.6 Å². The molecule has 8 heteroatoms. The average molecular weight is 424 g/mol. The molecule has 0 aromatic heterocycles. The fourth-order valence-corrected chi connectivity index (χ4v) is 4.62. The van der Waals surface area contributed by atoms with Crippen LogP contribution in [0.4, 0.5) is 5.69 Å². The Labute approximate surface area is 172 Å². The highest BCUT2D eigenvalue weighted by atomic mass is 35.5. The van der Waals surface area contributed by atoms with E-state index in [1.807, 2.05) is 12.1 Å². The number of sulfonamides is 1. The highest BCUT2D eigenvalue weighted by Crippen LogP contribution is 2.20. The van der Waals surface area contributed by atoms with Gasteiger partial charge in [0.25, 0.3) is 0 Å². The van der Waals surface area contributed by atoms with Crippen LogP contribution in [0, 0.1) is 0 Å². The minimum Gasteiger partial charge on any atom is -0.497 e. The van der Waals surface area contributed by atoms with Gasteiger partial charge in [0.2, 0.25) is 10.0 Å². The van der Waals surface area contributed by atoms with Gasteiger partial charge in [0.1, 0.15) is 5.75 Å². The van der Waals surface area contributed by atoms with Crippen LogP contribution in [0.25, 0.3) is 0 Å². The number of ether oxygens (including phenoxy) is 1. The van der Waals surface area contributed by atoms with E-state index in [2.05, 4.69) is 26.7 Å². The number of nitrogens with one attached hydrogen (secondary N) is 1. The summed E-state index contributed by atoms with van der Waals surface area (Å²) in [7, 11) is -1.84. The summed E-state index contributed by atoms with van der Waals surface area (Å²) in [5.41, 5.74) is 1.20. The van der Waals surface area contributed by atoms with Gasteiger partial charge in [0, 0.05) is 43.4 Å². The zero-order valence-electron chi connectivity index (χ0n) is 16.0. The number of hydrogen-bond donors (Lipinski definition) is 1. The largest absolute Gasteiger partial charge is 0.497 e. The van der Waals surface area contributed by atoms with E-state index in [0.29, 0.717) is 11.6 Å². The lowest BCUT2D eigenvalue weighted by Crippen LogP contribution is -2.47. The van der Waals surface area contributed by atoms with Crippen molar-refractivity contribution in [1.82, 2.24) is 9.62 Å². The summed E-state index contributed by atoms with van der Waals surface area (Å²) in [5.74, 6) is 0.864. The molecule has 1 aliphatic heterocycles. The second kappa shape index (κ2) is 9.60. The van der Waals surface area contributed by atoms with Crippen molar-refractivity contribution >= 4 is 27.3 Å². The summed E-state index contributed by atoms with van der Waals surface area (Å²) >= 11 is 5.88. The normalized spacial score (nSPS) is 15.6. The Hall–Kier alpha value is -1.80. The monoisotopic (exact) mass is 423 g/mol. The van der Waals surface area contributed by atoms with Crippen LogP contribution in [0.15, 0.2) is 53.4 Å². The molecule has 0 spiro atoms. The first-order valence-electron chi connectivity index (χ1n) is 9.34. The summed E-state index contributed by atoms with van der Waals surface area (Å²) in [5, 5.41) is 0.414. The van der Waals surface area contributed by atoms with Gasteiger partial charge < -0.3 is 9.64 Å². The molecule has 3 rings (SSSR count). The Bertz CT molecular complexity index is 867. The summed E-state index contributed by atoms with van der Waals surface area (Å²) in [6.07, 6.45) is 0.766. The maximum Gasteiger partial charge on any atom is 0.240 e. The third-order valence-electron chi connectivity index (χ3n) is 4.86. The minimum absolute atomic E-state index is 0.202. The molecule has 1 saturated heterocycles. The molecule has 1 heterocycles. The van der Waals surface area contributed by atoms with E-state index in [1.165, 1.54) is 11.8 Å². The first kappa shape index (κ1) is 20.9. The van der Waals surface area contributed by atoms with Crippen molar-refractivity contribution in [2.24, 2.45) is 0 Å². The van der Waals surface area contributed by atoms with E-state index in [9.17, 15) is 8.42 Å². The number of halogens is 1. The third-order valence-corrected chi connectivity index (χ3v) is 6.55. The number of piperazine rings is 1.